The van der Waals surface area contributed by atoms with Crippen LogP contribution in [-0.4, -0.2) is 12.6 Å². The van der Waals surface area contributed by atoms with Crippen LogP contribution in [0.4, 0.5) is 5.69 Å². The van der Waals surface area contributed by atoms with Gasteiger partial charge < -0.3 is 10.5 Å². The number of esters is 1. The minimum Gasteiger partial charge on any atom is -0.462 e. The number of anilines is 1. The number of hydrogen-bond donors (Lipinski definition) is 1. The molecular formula is C14H17Cl2NO2. The highest BCUT2D eigenvalue weighted by molar-refractivity contribution is 6.43. The third-order valence-electron chi connectivity index (χ3n) is 3.47. The van der Waals surface area contributed by atoms with Gasteiger partial charge in [-0.1, -0.05) is 42.5 Å². The molecule has 0 atom stereocenters. The molecule has 1 aromatic carbocycles. The molecule has 19 heavy (non-hydrogen) atoms. The summed E-state index contributed by atoms with van der Waals surface area (Å²) in [4.78, 5) is 11.9. The standard InChI is InChI=1S/C14H17Cl2NO2/c15-11-6-10(7-12(17)13(11)16)14(18)19-8-9-4-2-1-3-5-9/h6-7,9H,1-5,8,17H2. The third kappa shape index (κ3) is 3.77. The average molecular weight is 302 g/mol. The van der Waals surface area contributed by atoms with Gasteiger partial charge in [0.25, 0.3) is 0 Å². The van der Waals surface area contributed by atoms with Crippen molar-refractivity contribution in [3.63, 3.8) is 0 Å². The Balaban J connectivity index is 1.96. The number of halogens is 2. The van der Waals surface area contributed by atoms with Crippen LogP contribution in [0.5, 0.6) is 0 Å². The smallest absolute Gasteiger partial charge is 0.338 e. The summed E-state index contributed by atoms with van der Waals surface area (Å²) in [5, 5.41) is 0.539. The summed E-state index contributed by atoms with van der Waals surface area (Å²) in [6.45, 7) is 0.471. The minimum absolute atomic E-state index is 0.269. The van der Waals surface area contributed by atoms with E-state index in [-0.39, 0.29) is 10.0 Å². The highest BCUT2D eigenvalue weighted by atomic mass is 35.5. The lowest BCUT2D eigenvalue weighted by Gasteiger charge is -2.21. The second kappa shape index (κ2) is 6.49. The molecule has 0 aromatic heterocycles. The Kier molecular flexibility index (Phi) is 4.94. The molecule has 1 fully saturated rings. The van der Waals surface area contributed by atoms with Crippen molar-refractivity contribution in [1.29, 1.82) is 0 Å². The summed E-state index contributed by atoms with van der Waals surface area (Å²) in [5.74, 6) is 0.0914. The first-order chi connectivity index (χ1) is 9.08. The van der Waals surface area contributed by atoms with Crippen molar-refractivity contribution in [3.8, 4) is 0 Å². The van der Waals surface area contributed by atoms with Crippen molar-refractivity contribution in [2.24, 2.45) is 5.92 Å². The van der Waals surface area contributed by atoms with Crippen molar-refractivity contribution >= 4 is 34.9 Å². The maximum atomic E-state index is 11.9. The zero-order valence-corrected chi connectivity index (χ0v) is 12.1. The van der Waals surface area contributed by atoms with E-state index in [9.17, 15) is 4.79 Å². The molecular weight excluding hydrogens is 285 g/mol. The first kappa shape index (κ1) is 14.5. The number of nitrogen functional groups attached to an aromatic ring is 1. The van der Waals surface area contributed by atoms with Gasteiger partial charge >= 0.3 is 5.97 Å². The van der Waals surface area contributed by atoms with Gasteiger partial charge in [-0.05, 0) is 30.9 Å². The summed E-state index contributed by atoms with van der Waals surface area (Å²) in [5.41, 5.74) is 6.31. The Bertz CT molecular complexity index is 448. The number of rotatable bonds is 3. The molecule has 1 aliphatic carbocycles. The van der Waals surface area contributed by atoms with Crippen LogP contribution in [0.25, 0.3) is 0 Å². The SMILES string of the molecule is Nc1cc(C(=O)OCC2CCCCC2)cc(Cl)c1Cl. The molecule has 0 amide bonds. The summed E-state index contributed by atoms with van der Waals surface area (Å²) < 4.78 is 5.32. The van der Waals surface area contributed by atoms with Crippen LogP contribution < -0.4 is 5.73 Å². The second-order valence-corrected chi connectivity index (χ2v) is 5.75. The van der Waals surface area contributed by atoms with E-state index in [1.165, 1.54) is 31.4 Å². The molecule has 1 aliphatic rings. The molecule has 0 bridgehead atoms. The molecule has 5 heteroatoms. The zero-order chi connectivity index (χ0) is 13.8. The molecule has 3 nitrogen and oxygen atoms in total. The van der Waals surface area contributed by atoms with Crippen LogP contribution in [-0.2, 0) is 4.74 Å². The van der Waals surface area contributed by atoms with E-state index < -0.39 is 5.97 Å². The lowest BCUT2D eigenvalue weighted by molar-refractivity contribution is 0.0410. The first-order valence-electron chi connectivity index (χ1n) is 6.49. The van der Waals surface area contributed by atoms with Crippen molar-refractivity contribution in [3.05, 3.63) is 27.7 Å². The fourth-order valence-electron chi connectivity index (χ4n) is 2.36. The summed E-state index contributed by atoms with van der Waals surface area (Å²) >= 11 is 11.7. The van der Waals surface area contributed by atoms with Crippen LogP contribution >= 0.6 is 23.2 Å². The van der Waals surface area contributed by atoms with E-state index in [2.05, 4.69) is 0 Å². The highest BCUT2D eigenvalue weighted by Gasteiger charge is 2.17. The molecule has 2 N–H and O–H groups in total. The average Bonchev–Trinajstić information content (AvgIpc) is 2.42. The van der Waals surface area contributed by atoms with Crippen molar-refractivity contribution in [2.45, 2.75) is 32.1 Å². The predicted molar refractivity (Wildman–Crippen MR) is 77.7 cm³/mol. The van der Waals surface area contributed by atoms with E-state index in [4.69, 9.17) is 33.7 Å². The molecule has 104 valence electrons. The van der Waals surface area contributed by atoms with E-state index in [0.29, 0.717) is 23.8 Å². The normalized spacial score (nSPS) is 16.3. The van der Waals surface area contributed by atoms with Crippen molar-refractivity contribution in [1.82, 2.24) is 0 Å². The Morgan fingerprint density at radius 3 is 2.58 bits per heavy atom. The van der Waals surface area contributed by atoms with E-state index in [0.717, 1.165) is 12.8 Å². The molecule has 0 radical (unpaired) electrons. The van der Waals surface area contributed by atoms with Gasteiger partial charge in [0.05, 0.1) is 27.9 Å². The molecule has 1 saturated carbocycles. The van der Waals surface area contributed by atoms with Crippen LogP contribution in [0.2, 0.25) is 10.0 Å². The molecule has 1 aromatic rings. The van der Waals surface area contributed by atoms with Gasteiger partial charge in [-0.2, -0.15) is 0 Å². The molecule has 2 rings (SSSR count). The van der Waals surface area contributed by atoms with Crippen LogP contribution in [0.15, 0.2) is 12.1 Å². The number of nitrogens with two attached hydrogens (primary N) is 1. The van der Waals surface area contributed by atoms with Gasteiger partial charge in [-0.25, -0.2) is 4.79 Å². The molecule has 0 aliphatic heterocycles. The van der Waals surface area contributed by atoms with Gasteiger partial charge in [0.1, 0.15) is 0 Å². The fraction of sp³-hybridized carbons (Fsp3) is 0.500. The van der Waals surface area contributed by atoms with Crippen LogP contribution in [0.3, 0.4) is 0 Å². The fourth-order valence-corrected chi connectivity index (χ4v) is 2.69. The monoisotopic (exact) mass is 301 g/mol. The lowest BCUT2D eigenvalue weighted by atomic mass is 9.90. The predicted octanol–water partition coefficient (Wildman–Crippen LogP) is 4.31. The van der Waals surface area contributed by atoms with Crippen LogP contribution in [0, 0.1) is 5.92 Å². The van der Waals surface area contributed by atoms with E-state index in [1.54, 1.807) is 0 Å². The van der Waals surface area contributed by atoms with Crippen molar-refractivity contribution in [2.75, 3.05) is 12.3 Å². The summed E-state index contributed by atoms with van der Waals surface area (Å²) in [6, 6.07) is 2.99. The third-order valence-corrected chi connectivity index (χ3v) is 4.28. The number of carbonyl (C=O) groups is 1. The van der Waals surface area contributed by atoms with Gasteiger partial charge in [-0.3, -0.25) is 0 Å². The maximum Gasteiger partial charge on any atom is 0.338 e. The Labute approximate surface area is 123 Å². The minimum atomic E-state index is -0.393. The summed E-state index contributed by atoms with van der Waals surface area (Å²) in [7, 11) is 0. The topological polar surface area (TPSA) is 52.3 Å². The quantitative estimate of drug-likeness (QED) is 0.668. The lowest BCUT2D eigenvalue weighted by Crippen LogP contribution is -2.17. The van der Waals surface area contributed by atoms with Gasteiger partial charge in [0.2, 0.25) is 0 Å². The molecule has 0 spiro atoms. The van der Waals surface area contributed by atoms with Gasteiger partial charge in [0, 0.05) is 0 Å². The highest BCUT2D eigenvalue weighted by Crippen LogP contribution is 2.30. The van der Waals surface area contributed by atoms with E-state index >= 15 is 0 Å². The van der Waals surface area contributed by atoms with Gasteiger partial charge in [-0.15, -0.1) is 0 Å². The molecule has 0 heterocycles. The number of hydrogen-bond acceptors (Lipinski definition) is 3. The zero-order valence-electron chi connectivity index (χ0n) is 10.6. The largest absolute Gasteiger partial charge is 0.462 e. The summed E-state index contributed by atoms with van der Waals surface area (Å²) in [6.07, 6.45) is 6.01. The van der Waals surface area contributed by atoms with Gasteiger partial charge in [0.15, 0.2) is 0 Å². The number of benzene rings is 1. The van der Waals surface area contributed by atoms with E-state index in [1.807, 2.05) is 0 Å². The number of carbonyl (C=O) groups excluding carboxylic acids is 1. The first-order valence-corrected chi connectivity index (χ1v) is 7.25. The Morgan fingerprint density at radius 1 is 1.26 bits per heavy atom. The van der Waals surface area contributed by atoms with Crippen LogP contribution in [0.1, 0.15) is 42.5 Å². The second-order valence-electron chi connectivity index (χ2n) is 4.96. The Hall–Kier alpha value is -0.930. The maximum absolute atomic E-state index is 11.9. The molecule has 0 unspecified atom stereocenters. The Morgan fingerprint density at radius 2 is 1.95 bits per heavy atom. The molecule has 0 saturated heterocycles. The van der Waals surface area contributed by atoms with Crippen molar-refractivity contribution < 1.29 is 9.53 Å². The number of ether oxygens (including phenoxy) is 1.